The first kappa shape index (κ1) is 16.8. The number of rotatable bonds is 3. The van der Waals surface area contributed by atoms with Crippen molar-refractivity contribution < 1.29 is 19.1 Å². The predicted molar refractivity (Wildman–Crippen MR) is 103 cm³/mol. The lowest BCUT2D eigenvalue weighted by molar-refractivity contribution is -0.131. The zero-order valence-electron chi connectivity index (χ0n) is 14.6. The second kappa shape index (κ2) is 6.92. The fourth-order valence-electron chi connectivity index (χ4n) is 2.95. The van der Waals surface area contributed by atoms with Gasteiger partial charge < -0.3 is 9.47 Å². The minimum Gasteiger partial charge on any atom is -0.452 e. The second-order valence-electron chi connectivity index (χ2n) is 6.18. The van der Waals surface area contributed by atoms with Crippen LogP contribution in [0.1, 0.15) is 22.8 Å². The van der Waals surface area contributed by atoms with E-state index >= 15 is 0 Å². The fraction of sp³-hybridized carbons (Fsp3) is 0.0435. The van der Waals surface area contributed by atoms with Gasteiger partial charge in [0.15, 0.2) is 5.76 Å². The molecule has 0 amide bonds. The number of carbonyl (C=O) groups excluding carboxylic acids is 2. The highest BCUT2D eigenvalue weighted by Gasteiger charge is 2.27. The average molecular weight is 356 g/mol. The average Bonchev–Trinajstić information content (AvgIpc) is 2.97. The van der Waals surface area contributed by atoms with Crippen LogP contribution in [0.2, 0.25) is 0 Å². The lowest BCUT2D eigenvalue weighted by Gasteiger charge is -2.03. The summed E-state index contributed by atoms with van der Waals surface area (Å²) in [4.78, 5) is 23.6. The quantitative estimate of drug-likeness (QED) is 0.381. The van der Waals surface area contributed by atoms with Crippen LogP contribution in [-0.4, -0.2) is 11.8 Å². The molecule has 0 unspecified atom stereocenters. The molecule has 0 fully saturated rings. The Bertz CT molecular complexity index is 1050. The molecule has 0 N–H and O–H groups in total. The summed E-state index contributed by atoms with van der Waals surface area (Å²) in [6.07, 6.45) is 1.71. The van der Waals surface area contributed by atoms with Crippen molar-refractivity contribution in [3.8, 4) is 22.6 Å². The van der Waals surface area contributed by atoms with Crippen molar-refractivity contribution >= 4 is 17.8 Å². The number of carbonyl (C=O) groups is 2. The first-order valence-corrected chi connectivity index (χ1v) is 8.52. The summed E-state index contributed by atoms with van der Waals surface area (Å²) in [5.41, 5.74) is 3.56. The van der Waals surface area contributed by atoms with Crippen molar-refractivity contribution in [2.45, 2.75) is 6.92 Å². The molecule has 0 bridgehead atoms. The number of benzene rings is 3. The van der Waals surface area contributed by atoms with Crippen molar-refractivity contribution in [3.63, 3.8) is 0 Å². The van der Waals surface area contributed by atoms with Gasteiger partial charge in [-0.1, -0.05) is 54.6 Å². The van der Waals surface area contributed by atoms with Crippen LogP contribution in [0.15, 0.2) is 78.6 Å². The summed E-state index contributed by atoms with van der Waals surface area (Å²) >= 11 is 0. The molecule has 0 aliphatic carbocycles. The zero-order chi connectivity index (χ0) is 18.8. The first-order valence-electron chi connectivity index (χ1n) is 8.52. The molecule has 3 aromatic rings. The Hall–Kier alpha value is -3.66. The van der Waals surface area contributed by atoms with Crippen LogP contribution in [0.3, 0.4) is 0 Å². The maximum Gasteiger partial charge on any atom is 0.308 e. The third kappa shape index (κ3) is 3.51. The molecule has 0 atom stereocenters. The topological polar surface area (TPSA) is 52.6 Å². The zero-order valence-corrected chi connectivity index (χ0v) is 14.6. The highest BCUT2D eigenvalue weighted by atomic mass is 16.5. The van der Waals surface area contributed by atoms with Crippen molar-refractivity contribution in [3.05, 3.63) is 89.7 Å². The molecule has 1 aliphatic rings. The Balaban J connectivity index is 1.57. The van der Waals surface area contributed by atoms with E-state index < -0.39 is 5.97 Å². The molecule has 0 radical (unpaired) electrons. The molecule has 1 heterocycles. The minimum atomic E-state index is -0.423. The van der Waals surface area contributed by atoms with E-state index in [1.54, 1.807) is 24.3 Å². The fourth-order valence-corrected chi connectivity index (χ4v) is 2.95. The Labute approximate surface area is 156 Å². The highest BCUT2D eigenvalue weighted by Crippen LogP contribution is 2.35. The number of ether oxygens (including phenoxy) is 2. The predicted octanol–water partition coefficient (Wildman–Crippen LogP) is 4.90. The van der Waals surface area contributed by atoms with Crippen LogP contribution in [0.5, 0.6) is 11.5 Å². The Morgan fingerprint density at radius 1 is 0.926 bits per heavy atom. The molecule has 0 aromatic heterocycles. The van der Waals surface area contributed by atoms with Gasteiger partial charge in [0.2, 0.25) is 5.78 Å². The molecule has 4 rings (SSSR count). The number of ketones is 1. The van der Waals surface area contributed by atoms with Gasteiger partial charge in [-0.05, 0) is 34.9 Å². The van der Waals surface area contributed by atoms with E-state index in [1.165, 1.54) is 6.92 Å². The van der Waals surface area contributed by atoms with Gasteiger partial charge in [0.1, 0.15) is 11.5 Å². The van der Waals surface area contributed by atoms with E-state index in [2.05, 4.69) is 12.1 Å². The van der Waals surface area contributed by atoms with Gasteiger partial charge in [-0.3, -0.25) is 9.59 Å². The van der Waals surface area contributed by atoms with Gasteiger partial charge in [0.25, 0.3) is 0 Å². The molecule has 3 aromatic carbocycles. The second-order valence-corrected chi connectivity index (χ2v) is 6.18. The third-order valence-electron chi connectivity index (χ3n) is 4.22. The van der Waals surface area contributed by atoms with Gasteiger partial charge in [-0.25, -0.2) is 0 Å². The molecule has 132 valence electrons. The van der Waals surface area contributed by atoms with E-state index in [1.807, 2.05) is 42.5 Å². The molecular weight excluding hydrogens is 340 g/mol. The monoisotopic (exact) mass is 356 g/mol. The summed E-state index contributed by atoms with van der Waals surface area (Å²) in [6.45, 7) is 1.32. The molecule has 0 saturated carbocycles. The smallest absolute Gasteiger partial charge is 0.308 e. The van der Waals surface area contributed by atoms with Gasteiger partial charge in [-0.15, -0.1) is 0 Å². The number of fused-ring (bicyclic) bond motifs is 1. The summed E-state index contributed by atoms with van der Waals surface area (Å²) < 4.78 is 10.7. The summed E-state index contributed by atoms with van der Waals surface area (Å²) in [5, 5.41) is 0. The van der Waals surface area contributed by atoms with Crippen LogP contribution >= 0.6 is 0 Å². The van der Waals surface area contributed by atoms with E-state index in [4.69, 9.17) is 9.47 Å². The van der Waals surface area contributed by atoms with Gasteiger partial charge in [-0.2, -0.15) is 0 Å². The number of Topliss-reactive ketones (excluding diaryl/α,β-unsaturated/α-hetero) is 1. The summed E-state index contributed by atoms with van der Waals surface area (Å²) in [5.74, 6) is 0.380. The molecule has 4 nitrogen and oxygen atoms in total. The van der Waals surface area contributed by atoms with Gasteiger partial charge >= 0.3 is 5.97 Å². The number of hydrogen-bond donors (Lipinski definition) is 0. The van der Waals surface area contributed by atoms with Crippen LogP contribution in [-0.2, 0) is 4.79 Å². The molecule has 1 aliphatic heterocycles. The van der Waals surface area contributed by atoms with Crippen LogP contribution in [0.25, 0.3) is 17.2 Å². The van der Waals surface area contributed by atoms with Crippen LogP contribution < -0.4 is 9.47 Å². The normalized spacial score (nSPS) is 14.0. The number of hydrogen-bond acceptors (Lipinski definition) is 4. The van der Waals surface area contributed by atoms with E-state index in [9.17, 15) is 9.59 Å². The highest BCUT2D eigenvalue weighted by molar-refractivity contribution is 6.14. The van der Waals surface area contributed by atoms with E-state index in [-0.39, 0.29) is 11.5 Å². The largest absolute Gasteiger partial charge is 0.452 e. The standard InChI is InChI=1S/C23H16O4/c1-15(24)26-19-11-12-20-21(14-19)27-22(23(20)25)13-16-7-9-18(10-8-16)17-5-3-2-4-6-17/h2-14H,1H3/b22-13+. The Morgan fingerprint density at radius 3 is 2.33 bits per heavy atom. The molecule has 0 saturated heterocycles. The van der Waals surface area contributed by atoms with Crippen molar-refractivity contribution in [2.24, 2.45) is 0 Å². The Morgan fingerprint density at radius 2 is 1.63 bits per heavy atom. The third-order valence-corrected chi connectivity index (χ3v) is 4.22. The number of esters is 1. The lowest BCUT2D eigenvalue weighted by Crippen LogP contribution is -2.01. The van der Waals surface area contributed by atoms with Crippen LogP contribution in [0, 0.1) is 0 Å². The SMILES string of the molecule is CC(=O)Oc1ccc2c(c1)O/C(=C/c1ccc(-c3ccccc3)cc1)C2=O. The van der Waals surface area contributed by atoms with Crippen molar-refractivity contribution in [1.82, 2.24) is 0 Å². The lowest BCUT2D eigenvalue weighted by atomic mass is 10.0. The van der Waals surface area contributed by atoms with Crippen LogP contribution in [0.4, 0.5) is 0 Å². The van der Waals surface area contributed by atoms with Gasteiger partial charge in [0, 0.05) is 13.0 Å². The molecule has 27 heavy (non-hydrogen) atoms. The first-order chi connectivity index (χ1) is 13.1. The van der Waals surface area contributed by atoms with E-state index in [0.29, 0.717) is 17.1 Å². The maximum atomic E-state index is 12.5. The van der Waals surface area contributed by atoms with E-state index in [0.717, 1.165) is 16.7 Å². The van der Waals surface area contributed by atoms with Crippen molar-refractivity contribution in [1.29, 1.82) is 0 Å². The Kier molecular flexibility index (Phi) is 4.30. The summed E-state index contributed by atoms with van der Waals surface area (Å²) in [7, 11) is 0. The maximum absolute atomic E-state index is 12.5. The molecule has 4 heteroatoms. The number of allylic oxidation sites excluding steroid dienone is 1. The minimum absolute atomic E-state index is 0.188. The summed E-state index contributed by atoms with van der Waals surface area (Å²) in [6, 6.07) is 22.7. The molecule has 0 spiro atoms. The van der Waals surface area contributed by atoms with Gasteiger partial charge in [0.05, 0.1) is 5.56 Å². The van der Waals surface area contributed by atoms with Crippen molar-refractivity contribution in [2.75, 3.05) is 0 Å². The molecular formula is C23H16O4.